The minimum Gasteiger partial charge on any atom is -0.388 e. The molecule has 0 aliphatic carbocycles. The Morgan fingerprint density at radius 2 is 1.79 bits per heavy atom. The molecular weight excluding hydrogens is 444 g/mol. The van der Waals surface area contributed by atoms with Gasteiger partial charge in [-0.15, -0.1) is 0 Å². The third-order valence-corrected chi connectivity index (χ3v) is 4.44. The van der Waals surface area contributed by atoms with Gasteiger partial charge in [0.15, 0.2) is 5.65 Å². The van der Waals surface area contributed by atoms with Crippen molar-refractivity contribution in [1.82, 2.24) is 14.5 Å². The van der Waals surface area contributed by atoms with Gasteiger partial charge in [0.05, 0.1) is 31.3 Å². The third-order valence-electron chi connectivity index (χ3n) is 4.44. The number of hydrogen-bond donors (Lipinski definition) is 3. The Hall–Kier alpha value is -2.02. The molecule has 11 heteroatoms. The van der Waals surface area contributed by atoms with Crippen molar-refractivity contribution < 1.29 is 28.8 Å². The van der Waals surface area contributed by atoms with Crippen LogP contribution < -0.4 is 11.3 Å². The van der Waals surface area contributed by atoms with E-state index in [9.17, 15) is 4.79 Å². The number of H-pyrrole nitrogens is 1. The van der Waals surface area contributed by atoms with Gasteiger partial charge in [-0.3, -0.25) is 9.78 Å². The molecule has 34 heavy (non-hydrogen) atoms. The first-order valence-electron chi connectivity index (χ1n) is 10.6. The molecule has 1 aliphatic heterocycles. The van der Waals surface area contributed by atoms with Gasteiger partial charge in [0.2, 0.25) is 5.95 Å². The van der Waals surface area contributed by atoms with Crippen LogP contribution in [-0.4, -0.2) is 86.2 Å². The lowest BCUT2D eigenvalue weighted by molar-refractivity contribution is -0.0596. The zero-order valence-corrected chi connectivity index (χ0v) is 19.9. The molecule has 200 valence electrons. The minimum absolute atomic E-state index is 0. The largest absolute Gasteiger partial charge is 0.388 e. The van der Waals surface area contributed by atoms with Gasteiger partial charge in [-0.1, -0.05) is 35.1 Å². The molecule has 1 aliphatic rings. The highest BCUT2D eigenvalue weighted by molar-refractivity contribution is 5.76. The van der Waals surface area contributed by atoms with Gasteiger partial charge >= 0.3 is 0 Å². The molecule has 0 radical (unpaired) electrons. The number of aliphatic hydroxyl groups is 1. The Morgan fingerprint density at radius 1 is 1.21 bits per heavy atom. The Bertz CT molecular complexity index is 821. The molecule has 0 saturated carbocycles. The number of hydrogen-bond acceptors (Lipinski definition) is 9. The van der Waals surface area contributed by atoms with Gasteiger partial charge in [0.25, 0.3) is 5.56 Å². The fourth-order valence-corrected chi connectivity index (χ4v) is 3.16. The second kappa shape index (κ2) is 18.3. The van der Waals surface area contributed by atoms with E-state index in [2.05, 4.69) is 33.3 Å². The van der Waals surface area contributed by atoms with E-state index >= 15 is 0 Å². The number of nitrogen functional groups attached to an aromatic ring is 1. The maximum absolute atomic E-state index is 11.8. The summed E-state index contributed by atoms with van der Waals surface area (Å²) in [6.07, 6.45) is 2.72. The Morgan fingerprint density at radius 3 is 2.29 bits per heavy atom. The summed E-state index contributed by atoms with van der Waals surface area (Å²) in [5, 5.41) is 9.28. The van der Waals surface area contributed by atoms with Crippen molar-refractivity contribution in [2.24, 2.45) is 0 Å². The second-order valence-electron chi connectivity index (χ2n) is 7.28. The van der Waals surface area contributed by atoms with Gasteiger partial charge in [-0.2, -0.15) is 4.98 Å². The predicted octanol–water partition coefficient (Wildman–Crippen LogP) is 2.58. The van der Waals surface area contributed by atoms with E-state index in [1.807, 2.05) is 4.57 Å². The van der Waals surface area contributed by atoms with E-state index in [0.717, 1.165) is 0 Å². The van der Waals surface area contributed by atoms with E-state index in [-0.39, 0.29) is 44.8 Å². The summed E-state index contributed by atoms with van der Waals surface area (Å²) < 4.78 is 27.6. The smallest absolute Gasteiger partial charge is 0.261 e. The molecule has 0 aromatic carbocycles. The highest BCUT2D eigenvalue weighted by Gasteiger charge is 2.36. The van der Waals surface area contributed by atoms with Crippen LogP contribution in [0.2, 0.25) is 0 Å². The third kappa shape index (κ3) is 10.1. The van der Waals surface area contributed by atoms with Gasteiger partial charge in [-0.05, 0) is 6.07 Å². The number of nitrogens with one attached hydrogen (secondary N) is 1. The van der Waals surface area contributed by atoms with E-state index in [1.165, 1.54) is 6.42 Å². The van der Waals surface area contributed by atoms with E-state index < -0.39 is 6.10 Å². The molecule has 11 nitrogen and oxygen atoms in total. The van der Waals surface area contributed by atoms with Crippen molar-refractivity contribution in [2.75, 3.05) is 54.0 Å². The average Bonchev–Trinajstić information content (AvgIpc) is 3.33. The lowest BCUT2D eigenvalue weighted by Gasteiger charge is -2.16. The van der Waals surface area contributed by atoms with E-state index in [1.54, 1.807) is 40.7 Å². The summed E-state index contributed by atoms with van der Waals surface area (Å²) in [6, 6.07) is 1.70. The number of ether oxygens (including phenoxy) is 5. The molecule has 3 unspecified atom stereocenters. The standard InChI is InChI=1S/C13H18N4O4.C5H12O3.C3H8.2CH4/c1-19-6-9-8(20-2)5-10(21-9)17-4-3-7-11(17)15-13(14)16-12(7)18;1-7-3-5(6)4-8-2;1-3-2;;/h3-4,8-10H,5-6H2,1-2H3,(H3,14,15,16,18);5-6H,3-4H2,1-2H3;3H2,1-2H3;2*1H4. The molecule has 3 heterocycles. The van der Waals surface area contributed by atoms with Crippen molar-refractivity contribution in [3.63, 3.8) is 0 Å². The van der Waals surface area contributed by atoms with Crippen molar-refractivity contribution in [3.05, 3.63) is 22.6 Å². The summed E-state index contributed by atoms with van der Waals surface area (Å²) in [4.78, 5) is 18.5. The zero-order valence-electron chi connectivity index (χ0n) is 19.9. The van der Waals surface area contributed by atoms with Crippen LogP contribution in [0.1, 0.15) is 47.8 Å². The van der Waals surface area contributed by atoms with Crippen LogP contribution in [0, 0.1) is 0 Å². The molecule has 1 saturated heterocycles. The maximum atomic E-state index is 11.8. The quantitative estimate of drug-likeness (QED) is 0.508. The number of nitrogens with zero attached hydrogens (tertiary/aromatic N) is 2. The summed E-state index contributed by atoms with van der Waals surface area (Å²) >= 11 is 0. The van der Waals surface area contributed by atoms with E-state index in [4.69, 9.17) is 25.1 Å². The monoisotopic (exact) mass is 490 g/mol. The molecule has 0 spiro atoms. The highest BCUT2D eigenvalue weighted by Crippen LogP contribution is 2.32. The van der Waals surface area contributed by atoms with Gasteiger partial charge in [0.1, 0.15) is 18.4 Å². The van der Waals surface area contributed by atoms with Crippen LogP contribution in [0.25, 0.3) is 11.0 Å². The van der Waals surface area contributed by atoms with Gasteiger partial charge in [0, 0.05) is 41.1 Å². The Kier molecular flexibility index (Phi) is 18.4. The Labute approximate surface area is 203 Å². The molecule has 3 rings (SSSR count). The van der Waals surface area contributed by atoms with Crippen LogP contribution in [0.4, 0.5) is 5.95 Å². The fourth-order valence-electron chi connectivity index (χ4n) is 3.16. The van der Waals surface area contributed by atoms with Crippen molar-refractivity contribution in [1.29, 1.82) is 0 Å². The van der Waals surface area contributed by atoms with Crippen LogP contribution in [0.15, 0.2) is 17.1 Å². The number of fused-ring (bicyclic) bond motifs is 1. The van der Waals surface area contributed by atoms with Crippen molar-refractivity contribution in [3.8, 4) is 0 Å². The van der Waals surface area contributed by atoms with Gasteiger partial charge < -0.3 is 39.1 Å². The normalized spacial score (nSPS) is 18.9. The van der Waals surface area contributed by atoms with Crippen molar-refractivity contribution >= 4 is 17.0 Å². The molecule has 2 aromatic heterocycles. The first-order chi connectivity index (χ1) is 15.4. The minimum atomic E-state index is -0.481. The predicted molar refractivity (Wildman–Crippen MR) is 135 cm³/mol. The van der Waals surface area contributed by atoms with Crippen LogP contribution in [0.3, 0.4) is 0 Å². The molecule has 0 bridgehead atoms. The summed E-state index contributed by atoms with van der Waals surface area (Å²) in [5.74, 6) is 0.0854. The van der Waals surface area contributed by atoms with Gasteiger partial charge in [-0.25, -0.2) is 0 Å². The molecule has 2 aromatic rings. The summed E-state index contributed by atoms with van der Waals surface area (Å²) in [5.41, 5.74) is 5.86. The topological polar surface area (TPSA) is 143 Å². The molecule has 3 atom stereocenters. The fraction of sp³-hybridized carbons (Fsp3) is 0.739. The van der Waals surface area contributed by atoms with Crippen LogP contribution in [0.5, 0.6) is 0 Å². The number of rotatable bonds is 8. The number of anilines is 1. The van der Waals surface area contributed by atoms with E-state index in [0.29, 0.717) is 37.3 Å². The van der Waals surface area contributed by atoms with Crippen LogP contribution in [-0.2, 0) is 23.7 Å². The molecular formula is C23H46N4O7. The molecule has 1 fully saturated rings. The number of aliphatic hydroxyl groups excluding tert-OH is 1. The number of nitrogens with two attached hydrogens (primary N) is 1. The number of aromatic nitrogens is 3. The first-order valence-corrected chi connectivity index (χ1v) is 10.6. The summed E-state index contributed by atoms with van der Waals surface area (Å²) in [7, 11) is 6.35. The SMILES string of the molecule is C.C.CCC.COCC(O)COC.COCC1OC(n2ccc3c(=O)[nH]c(N)nc32)CC1OC. The molecule has 4 N–H and O–H groups in total. The van der Waals surface area contributed by atoms with Crippen molar-refractivity contribution in [2.45, 2.75) is 66.1 Å². The molecule has 0 amide bonds. The van der Waals surface area contributed by atoms with Crippen LogP contribution >= 0.6 is 0 Å². The Balaban J connectivity index is 0. The average molecular weight is 491 g/mol. The first kappa shape index (κ1) is 34.1. The highest BCUT2D eigenvalue weighted by atomic mass is 16.6. The number of aromatic amines is 1. The summed E-state index contributed by atoms with van der Waals surface area (Å²) in [6.45, 7) is 5.38. The number of methoxy groups -OCH3 is 4. The lowest BCUT2D eigenvalue weighted by atomic mass is 10.2. The lowest BCUT2D eigenvalue weighted by Crippen LogP contribution is -2.27. The maximum Gasteiger partial charge on any atom is 0.261 e. The second-order valence-corrected chi connectivity index (χ2v) is 7.28. The zero-order chi connectivity index (χ0) is 24.1.